The highest BCUT2D eigenvalue weighted by Crippen LogP contribution is 2.25. The number of nitrogens with zero attached hydrogens (tertiary/aromatic N) is 4. The molecule has 1 amide bonds. The van der Waals surface area contributed by atoms with Crippen LogP contribution in [-0.4, -0.2) is 52.1 Å². The van der Waals surface area contributed by atoms with Gasteiger partial charge >= 0.3 is 5.97 Å². The van der Waals surface area contributed by atoms with E-state index in [1.165, 1.54) is 23.6 Å². The molecule has 0 bridgehead atoms. The smallest absolute Gasteiger partial charge is 0.337 e. The molecule has 1 heterocycles. The zero-order valence-corrected chi connectivity index (χ0v) is 16.0. The number of anilines is 1. The molecule has 0 unspecified atom stereocenters. The van der Waals surface area contributed by atoms with Gasteiger partial charge in [-0.05, 0) is 46.8 Å². The van der Waals surface area contributed by atoms with Crippen molar-refractivity contribution in [3.63, 3.8) is 0 Å². The van der Waals surface area contributed by atoms with Crippen LogP contribution in [0.1, 0.15) is 10.4 Å². The second kappa shape index (κ2) is 9.00. The third-order valence-electron chi connectivity index (χ3n) is 3.68. The van der Waals surface area contributed by atoms with Crippen molar-refractivity contribution in [3.8, 4) is 11.4 Å². The van der Waals surface area contributed by atoms with E-state index in [0.29, 0.717) is 27.8 Å². The van der Waals surface area contributed by atoms with E-state index in [2.05, 4.69) is 25.6 Å². The number of aromatic nitrogens is 4. The normalized spacial score (nSPS) is 10.4. The van der Waals surface area contributed by atoms with Crippen LogP contribution in [0.5, 0.6) is 5.75 Å². The van der Waals surface area contributed by atoms with Gasteiger partial charge in [-0.1, -0.05) is 23.9 Å². The van der Waals surface area contributed by atoms with Crippen LogP contribution in [-0.2, 0) is 9.53 Å². The van der Waals surface area contributed by atoms with Gasteiger partial charge in [0.25, 0.3) is 0 Å². The summed E-state index contributed by atoms with van der Waals surface area (Å²) in [5.41, 5.74) is 1.66. The number of tetrazole rings is 1. The maximum Gasteiger partial charge on any atom is 0.337 e. The SMILES string of the molecule is COC(=O)c1ccc(NC(=O)CSc2nnnn2-c2ccccc2OC)cc1. The fraction of sp³-hybridized carbons (Fsp3) is 0.167. The molecule has 1 N–H and O–H groups in total. The summed E-state index contributed by atoms with van der Waals surface area (Å²) in [7, 11) is 2.88. The predicted octanol–water partition coefficient (Wildman–Crippen LogP) is 2.19. The molecule has 0 aliphatic carbocycles. The lowest BCUT2D eigenvalue weighted by atomic mass is 10.2. The quantitative estimate of drug-likeness (QED) is 0.476. The molecule has 28 heavy (non-hydrogen) atoms. The Bertz CT molecular complexity index is 974. The number of nitrogens with one attached hydrogen (secondary N) is 1. The largest absolute Gasteiger partial charge is 0.494 e. The van der Waals surface area contributed by atoms with Gasteiger partial charge in [-0.3, -0.25) is 4.79 Å². The first-order valence-corrected chi connectivity index (χ1v) is 9.13. The van der Waals surface area contributed by atoms with E-state index < -0.39 is 5.97 Å². The van der Waals surface area contributed by atoms with Crippen LogP contribution >= 0.6 is 11.8 Å². The van der Waals surface area contributed by atoms with E-state index in [0.717, 1.165) is 0 Å². The molecule has 3 rings (SSSR count). The van der Waals surface area contributed by atoms with Crippen LogP contribution < -0.4 is 10.1 Å². The summed E-state index contributed by atoms with van der Waals surface area (Å²) in [6.45, 7) is 0. The summed E-state index contributed by atoms with van der Waals surface area (Å²) in [6.07, 6.45) is 0. The Labute approximate surface area is 165 Å². The summed E-state index contributed by atoms with van der Waals surface area (Å²) in [6, 6.07) is 13.7. The maximum atomic E-state index is 12.2. The van der Waals surface area contributed by atoms with Gasteiger partial charge in [0.05, 0.1) is 25.5 Å². The zero-order chi connectivity index (χ0) is 19.9. The van der Waals surface area contributed by atoms with Crippen LogP contribution in [0, 0.1) is 0 Å². The molecule has 0 aliphatic rings. The van der Waals surface area contributed by atoms with Gasteiger partial charge < -0.3 is 14.8 Å². The number of ether oxygens (including phenoxy) is 2. The highest BCUT2D eigenvalue weighted by molar-refractivity contribution is 7.99. The molecule has 2 aromatic carbocycles. The molecule has 1 aromatic heterocycles. The molecule has 9 nitrogen and oxygen atoms in total. The van der Waals surface area contributed by atoms with Crippen molar-refractivity contribution in [1.29, 1.82) is 0 Å². The van der Waals surface area contributed by atoms with Crippen LogP contribution in [0.4, 0.5) is 5.69 Å². The Morgan fingerprint density at radius 3 is 2.57 bits per heavy atom. The topological polar surface area (TPSA) is 108 Å². The molecule has 0 saturated heterocycles. The minimum Gasteiger partial charge on any atom is -0.494 e. The summed E-state index contributed by atoms with van der Waals surface area (Å²) < 4.78 is 11.5. The summed E-state index contributed by atoms with van der Waals surface area (Å²) in [4.78, 5) is 23.7. The highest BCUT2D eigenvalue weighted by atomic mass is 32.2. The minimum absolute atomic E-state index is 0.105. The van der Waals surface area contributed by atoms with E-state index in [4.69, 9.17) is 4.74 Å². The van der Waals surface area contributed by atoms with E-state index in [9.17, 15) is 9.59 Å². The van der Waals surface area contributed by atoms with Crippen LogP contribution in [0.3, 0.4) is 0 Å². The number of hydrogen-bond acceptors (Lipinski definition) is 8. The molecule has 0 atom stereocenters. The lowest BCUT2D eigenvalue weighted by Gasteiger charge is -2.09. The number of hydrogen-bond donors (Lipinski definition) is 1. The van der Waals surface area contributed by atoms with E-state index in [1.807, 2.05) is 18.2 Å². The number of rotatable bonds is 7. The summed E-state index contributed by atoms with van der Waals surface area (Å²) >= 11 is 1.19. The number of thioether (sulfide) groups is 1. The third-order valence-corrected chi connectivity index (χ3v) is 4.60. The number of amides is 1. The Balaban J connectivity index is 1.63. The molecule has 144 valence electrons. The second-order valence-corrected chi connectivity index (χ2v) is 6.39. The molecular formula is C18H17N5O4S. The number of carbonyl (C=O) groups excluding carboxylic acids is 2. The third kappa shape index (κ3) is 4.46. The first-order valence-electron chi connectivity index (χ1n) is 8.15. The van der Waals surface area contributed by atoms with Crippen molar-refractivity contribution >= 4 is 29.3 Å². The average molecular weight is 399 g/mol. The van der Waals surface area contributed by atoms with Gasteiger partial charge in [0.2, 0.25) is 11.1 Å². The van der Waals surface area contributed by atoms with Gasteiger partial charge in [0.15, 0.2) is 0 Å². The number of para-hydroxylation sites is 2. The second-order valence-electron chi connectivity index (χ2n) is 5.45. The van der Waals surface area contributed by atoms with Crippen LogP contribution in [0.15, 0.2) is 53.7 Å². The molecular weight excluding hydrogens is 382 g/mol. The molecule has 3 aromatic rings. The van der Waals surface area contributed by atoms with E-state index in [1.54, 1.807) is 37.4 Å². The summed E-state index contributed by atoms with van der Waals surface area (Å²) in [5, 5.41) is 14.8. The Morgan fingerprint density at radius 2 is 1.86 bits per heavy atom. The van der Waals surface area contributed by atoms with Crippen LogP contribution in [0.2, 0.25) is 0 Å². The standard InChI is InChI=1S/C18H17N5O4S/c1-26-15-6-4-3-5-14(15)23-18(20-21-22-23)28-11-16(24)19-13-9-7-12(8-10-13)17(25)27-2/h3-10H,11H2,1-2H3,(H,19,24). The number of esters is 1. The molecule has 0 radical (unpaired) electrons. The van der Waals surface area contributed by atoms with Crippen molar-refractivity contribution in [1.82, 2.24) is 20.2 Å². The number of methoxy groups -OCH3 is 2. The lowest BCUT2D eigenvalue weighted by molar-refractivity contribution is -0.113. The monoisotopic (exact) mass is 399 g/mol. The van der Waals surface area contributed by atoms with Gasteiger partial charge in [0.1, 0.15) is 11.4 Å². The lowest BCUT2D eigenvalue weighted by Crippen LogP contribution is -2.15. The minimum atomic E-state index is -0.434. The average Bonchev–Trinajstić information content (AvgIpc) is 3.20. The van der Waals surface area contributed by atoms with E-state index >= 15 is 0 Å². The first-order chi connectivity index (χ1) is 13.6. The Hall–Kier alpha value is -3.40. The molecule has 10 heteroatoms. The van der Waals surface area contributed by atoms with E-state index in [-0.39, 0.29) is 11.7 Å². The fourth-order valence-corrected chi connectivity index (χ4v) is 3.04. The van der Waals surface area contributed by atoms with Gasteiger partial charge in [-0.15, -0.1) is 5.10 Å². The number of carbonyl (C=O) groups is 2. The van der Waals surface area contributed by atoms with Crippen molar-refractivity contribution in [2.45, 2.75) is 5.16 Å². The first kappa shape index (κ1) is 19.4. The Kier molecular flexibility index (Phi) is 6.22. The predicted molar refractivity (Wildman–Crippen MR) is 103 cm³/mol. The molecule has 0 saturated carbocycles. The van der Waals surface area contributed by atoms with Crippen molar-refractivity contribution < 1.29 is 19.1 Å². The molecule has 0 aliphatic heterocycles. The Morgan fingerprint density at radius 1 is 1.11 bits per heavy atom. The highest BCUT2D eigenvalue weighted by Gasteiger charge is 2.14. The van der Waals surface area contributed by atoms with Crippen molar-refractivity contribution in [3.05, 3.63) is 54.1 Å². The molecule has 0 fully saturated rings. The summed E-state index contributed by atoms with van der Waals surface area (Å²) in [5.74, 6) is 0.0580. The van der Waals surface area contributed by atoms with Crippen molar-refractivity contribution in [2.24, 2.45) is 0 Å². The number of benzene rings is 2. The molecule has 0 spiro atoms. The maximum absolute atomic E-state index is 12.2. The fourth-order valence-electron chi connectivity index (χ4n) is 2.36. The van der Waals surface area contributed by atoms with Crippen molar-refractivity contribution in [2.75, 3.05) is 25.3 Å². The van der Waals surface area contributed by atoms with Gasteiger partial charge in [-0.2, -0.15) is 4.68 Å². The van der Waals surface area contributed by atoms with Gasteiger partial charge in [0, 0.05) is 5.69 Å². The zero-order valence-electron chi connectivity index (χ0n) is 15.2. The van der Waals surface area contributed by atoms with Gasteiger partial charge in [-0.25, -0.2) is 4.79 Å². The van der Waals surface area contributed by atoms with Crippen LogP contribution in [0.25, 0.3) is 5.69 Å².